The van der Waals surface area contributed by atoms with Gasteiger partial charge in [-0.1, -0.05) is 30.3 Å². The van der Waals surface area contributed by atoms with Crippen LogP contribution in [0.1, 0.15) is 18.4 Å². The molecule has 4 heteroatoms. The standard InChI is InChI=1S/C20H26N2O2/c21-19-7-6-18(15-20(19)23)24-13-12-22-10-8-17(9-11-22)14-16-4-2-1-3-5-16/h1-7,15,17,23H,8-14,21H2. The van der Waals surface area contributed by atoms with Crippen LogP contribution in [0, 0.1) is 5.92 Å². The van der Waals surface area contributed by atoms with E-state index in [1.165, 1.54) is 24.8 Å². The number of piperidine rings is 1. The van der Waals surface area contributed by atoms with Crippen molar-refractivity contribution in [3.8, 4) is 11.5 Å². The molecule has 0 spiro atoms. The summed E-state index contributed by atoms with van der Waals surface area (Å²) in [7, 11) is 0. The van der Waals surface area contributed by atoms with Crippen LogP contribution in [0.25, 0.3) is 0 Å². The van der Waals surface area contributed by atoms with Gasteiger partial charge in [0.25, 0.3) is 0 Å². The second-order valence-corrected chi connectivity index (χ2v) is 6.54. The maximum atomic E-state index is 9.58. The second-order valence-electron chi connectivity index (χ2n) is 6.54. The van der Waals surface area contributed by atoms with E-state index in [9.17, 15) is 5.11 Å². The molecule has 0 amide bonds. The van der Waals surface area contributed by atoms with Gasteiger partial charge in [-0.15, -0.1) is 0 Å². The number of likely N-dealkylation sites (tertiary alicyclic amines) is 1. The fourth-order valence-electron chi connectivity index (χ4n) is 3.27. The molecule has 1 aliphatic heterocycles. The lowest BCUT2D eigenvalue weighted by Gasteiger charge is -2.31. The van der Waals surface area contributed by atoms with Crippen LogP contribution in [0.3, 0.4) is 0 Å². The third-order valence-electron chi connectivity index (χ3n) is 4.75. The second kappa shape index (κ2) is 8.06. The Labute approximate surface area is 143 Å². The highest BCUT2D eigenvalue weighted by molar-refractivity contribution is 5.54. The Morgan fingerprint density at radius 3 is 2.54 bits per heavy atom. The Balaban J connectivity index is 1.37. The van der Waals surface area contributed by atoms with Crippen LogP contribution >= 0.6 is 0 Å². The molecule has 0 atom stereocenters. The molecule has 0 radical (unpaired) electrons. The first-order valence-corrected chi connectivity index (χ1v) is 8.68. The van der Waals surface area contributed by atoms with Crippen molar-refractivity contribution in [1.82, 2.24) is 4.90 Å². The summed E-state index contributed by atoms with van der Waals surface area (Å²) in [5.74, 6) is 1.54. The molecule has 24 heavy (non-hydrogen) atoms. The normalized spacial score (nSPS) is 16.2. The molecule has 0 bridgehead atoms. The van der Waals surface area contributed by atoms with Gasteiger partial charge in [-0.25, -0.2) is 0 Å². The van der Waals surface area contributed by atoms with Gasteiger partial charge in [-0.2, -0.15) is 0 Å². The number of anilines is 1. The number of phenolic OH excluding ortho intramolecular Hbond substituents is 1. The van der Waals surface area contributed by atoms with E-state index in [1.807, 2.05) is 0 Å². The van der Waals surface area contributed by atoms with Crippen molar-refractivity contribution in [3.05, 3.63) is 54.1 Å². The summed E-state index contributed by atoms with van der Waals surface area (Å²) in [5, 5.41) is 9.58. The molecule has 1 fully saturated rings. The number of rotatable bonds is 6. The van der Waals surface area contributed by atoms with Crippen LogP contribution in [0.4, 0.5) is 5.69 Å². The van der Waals surface area contributed by atoms with Gasteiger partial charge in [0.1, 0.15) is 18.1 Å². The number of phenols is 1. The van der Waals surface area contributed by atoms with Gasteiger partial charge >= 0.3 is 0 Å². The minimum Gasteiger partial charge on any atom is -0.506 e. The van der Waals surface area contributed by atoms with Gasteiger partial charge in [-0.05, 0) is 56.0 Å². The Bertz CT molecular complexity index is 637. The van der Waals surface area contributed by atoms with Gasteiger partial charge in [0.15, 0.2) is 0 Å². The lowest BCUT2D eigenvalue weighted by Crippen LogP contribution is -2.37. The summed E-state index contributed by atoms with van der Waals surface area (Å²) in [4.78, 5) is 2.46. The van der Waals surface area contributed by atoms with Crippen molar-refractivity contribution in [2.75, 3.05) is 32.0 Å². The van der Waals surface area contributed by atoms with Crippen LogP contribution in [0.5, 0.6) is 11.5 Å². The van der Waals surface area contributed by atoms with E-state index in [0.717, 1.165) is 25.6 Å². The van der Waals surface area contributed by atoms with E-state index < -0.39 is 0 Å². The predicted molar refractivity (Wildman–Crippen MR) is 97.3 cm³/mol. The van der Waals surface area contributed by atoms with Crippen LogP contribution in [0.2, 0.25) is 0 Å². The Morgan fingerprint density at radius 1 is 1.08 bits per heavy atom. The monoisotopic (exact) mass is 326 g/mol. The van der Waals surface area contributed by atoms with Crippen LogP contribution in [-0.4, -0.2) is 36.2 Å². The zero-order valence-electron chi connectivity index (χ0n) is 14.0. The molecule has 3 rings (SSSR count). The van der Waals surface area contributed by atoms with E-state index >= 15 is 0 Å². The molecule has 3 N–H and O–H groups in total. The first-order valence-electron chi connectivity index (χ1n) is 8.68. The first-order chi connectivity index (χ1) is 11.7. The molecule has 128 valence electrons. The number of nitrogen functional groups attached to an aromatic ring is 1. The van der Waals surface area contributed by atoms with Crippen molar-refractivity contribution in [3.63, 3.8) is 0 Å². The quantitative estimate of drug-likeness (QED) is 0.631. The molecule has 0 unspecified atom stereocenters. The summed E-state index contributed by atoms with van der Waals surface area (Å²) in [6.45, 7) is 3.82. The Kier molecular flexibility index (Phi) is 5.59. The highest BCUT2D eigenvalue weighted by Gasteiger charge is 2.19. The maximum Gasteiger partial charge on any atom is 0.142 e. The van der Waals surface area contributed by atoms with Gasteiger partial charge in [0.2, 0.25) is 0 Å². The molecule has 2 aromatic rings. The number of benzene rings is 2. The van der Waals surface area contributed by atoms with Crippen LogP contribution < -0.4 is 10.5 Å². The van der Waals surface area contributed by atoms with E-state index in [0.29, 0.717) is 18.0 Å². The van der Waals surface area contributed by atoms with E-state index in [2.05, 4.69) is 35.2 Å². The third-order valence-corrected chi connectivity index (χ3v) is 4.75. The van der Waals surface area contributed by atoms with Gasteiger partial charge in [0.05, 0.1) is 5.69 Å². The SMILES string of the molecule is Nc1ccc(OCCN2CCC(Cc3ccccc3)CC2)cc1O. The van der Waals surface area contributed by atoms with Crippen molar-refractivity contribution in [1.29, 1.82) is 0 Å². The number of ether oxygens (including phenoxy) is 1. The van der Waals surface area contributed by atoms with Crippen molar-refractivity contribution < 1.29 is 9.84 Å². The van der Waals surface area contributed by atoms with Crippen LogP contribution in [-0.2, 0) is 6.42 Å². The summed E-state index contributed by atoms with van der Waals surface area (Å²) < 4.78 is 5.71. The molecule has 0 aromatic heterocycles. The van der Waals surface area contributed by atoms with Gasteiger partial charge in [-0.3, -0.25) is 4.90 Å². The largest absolute Gasteiger partial charge is 0.506 e. The number of aromatic hydroxyl groups is 1. The minimum atomic E-state index is 0.0780. The van der Waals surface area contributed by atoms with Gasteiger partial charge in [0, 0.05) is 12.6 Å². The summed E-state index contributed by atoms with van der Waals surface area (Å²) in [6.07, 6.45) is 3.69. The Hall–Kier alpha value is -2.20. The van der Waals surface area contributed by atoms with Crippen molar-refractivity contribution >= 4 is 5.69 Å². The summed E-state index contributed by atoms with van der Waals surface area (Å²) in [6, 6.07) is 15.8. The molecule has 0 saturated carbocycles. The molecule has 1 saturated heterocycles. The Morgan fingerprint density at radius 2 is 1.83 bits per heavy atom. The molecule has 1 aliphatic rings. The highest BCUT2D eigenvalue weighted by Crippen LogP contribution is 2.25. The lowest BCUT2D eigenvalue weighted by atomic mass is 9.90. The van der Waals surface area contributed by atoms with Gasteiger partial charge < -0.3 is 15.6 Å². The van der Waals surface area contributed by atoms with Crippen molar-refractivity contribution in [2.45, 2.75) is 19.3 Å². The molecular formula is C20H26N2O2. The molecular weight excluding hydrogens is 300 g/mol. The van der Waals surface area contributed by atoms with Crippen LogP contribution in [0.15, 0.2) is 48.5 Å². The smallest absolute Gasteiger partial charge is 0.142 e. The first kappa shape index (κ1) is 16.7. The number of hydrogen-bond acceptors (Lipinski definition) is 4. The zero-order valence-corrected chi connectivity index (χ0v) is 14.0. The molecule has 2 aromatic carbocycles. The minimum absolute atomic E-state index is 0.0780. The van der Waals surface area contributed by atoms with E-state index in [-0.39, 0.29) is 5.75 Å². The lowest BCUT2D eigenvalue weighted by molar-refractivity contribution is 0.154. The van der Waals surface area contributed by atoms with E-state index in [4.69, 9.17) is 10.5 Å². The topological polar surface area (TPSA) is 58.7 Å². The summed E-state index contributed by atoms with van der Waals surface area (Å²) >= 11 is 0. The third kappa shape index (κ3) is 4.65. The zero-order chi connectivity index (χ0) is 16.8. The average molecular weight is 326 g/mol. The molecule has 1 heterocycles. The predicted octanol–water partition coefficient (Wildman–Crippen LogP) is 3.31. The van der Waals surface area contributed by atoms with E-state index in [1.54, 1.807) is 18.2 Å². The maximum absolute atomic E-state index is 9.58. The number of hydrogen-bond donors (Lipinski definition) is 2. The highest BCUT2D eigenvalue weighted by atomic mass is 16.5. The fourth-order valence-corrected chi connectivity index (χ4v) is 3.27. The average Bonchev–Trinajstić information content (AvgIpc) is 2.60. The molecule has 0 aliphatic carbocycles. The number of nitrogens with two attached hydrogens (primary N) is 1. The van der Waals surface area contributed by atoms with Crippen molar-refractivity contribution in [2.24, 2.45) is 5.92 Å². The fraction of sp³-hybridized carbons (Fsp3) is 0.400. The number of nitrogens with zero attached hydrogens (tertiary/aromatic N) is 1. The summed E-state index contributed by atoms with van der Waals surface area (Å²) in [5.41, 5.74) is 7.41. The molecule has 4 nitrogen and oxygen atoms in total.